The van der Waals surface area contributed by atoms with Gasteiger partial charge in [0.25, 0.3) is 0 Å². The van der Waals surface area contributed by atoms with Crippen LogP contribution in [0.25, 0.3) is 21.5 Å². The Kier molecular flexibility index (Phi) is 4.55. The second-order valence-corrected chi connectivity index (χ2v) is 10.7. The number of H-pyrrole nitrogens is 2. The van der Waals surface area contributed by atoms with Crippen LogP contribution in [0.2, 0.25) is 0 Å². The Bertz CT molecular complexity index is 1650. The smallest absolute Gasteiger partial charge is 0.114 e. The predicted octanol–water partition coefficient (Wildman–Crippen LogP) is 6.61. The summed E-state index contributed by atoms with van der Waals surface area (Å²) in [5.74, 6) is 3.91. The van der Waals surface area contributed by atoms with Gasteiger partial charge in [0.05, 0.1) is 0 Å². The number of hydrogen-bond donors (Lipinski definition) is 8. The molecule has 5 heterocycles. The van der Waals surface area contributed by atoms with Gasteiger partial charge in [-0.2, -0.15) is 0 Å². The Balaban J connectivity index is 1.23. The van der Waals surface area contributed by atoms with Crippen LogP contribution in [-0.2, 0) is 0 Å². The summed E-state index contributed by atoms with van der Waals surface area (Å²) in [5.41, 5.74) is 4.89. The van der Waals surface area contributed by atoms with Crippen molar-refractivity contribution in [3.63, 3.8) is 0 Å². The maximum Gasteiger partial charge on any atom is 0.114 e. The fraction of sp³-hybridized carbons (Fsp3) is 0.125. The Morgan fingerprint density at radius 1 is 0.325 bits per heavy atom. The van der Waals surface area contributed by atoms with E-state index in [-0.39, 0.29) is 24.7 Å². The minimum absolute atomic E-state index is 0.0787. The third-order valence-electron chi connectivity index (χ3n) is 8.49. The zero-order valence-electron chi connectivity index (χ0n) is 21.5. The van der Waals surface area contributed by atoms with Crippen molar-refractivity contribution in [3.05, 3.63) is 119 Å². The number of aromatic amines is 2. The highest BCUT2D eigenvalue weighted by Crippen LogP contribution is 2.42. The molecule has 3 aliphatic heterocycles. The molecule has 40 heavy (non-hydrogen) atoms. The number of nitrogens with one attached hydrogen (secondary N) is 8. The minimum Gasteiger partial charge on any atom is -0.352 e. The number of fused-ring (bicyclic) bond motifs is 20. The van der Waals surface area contributed by atoms with E-state index in [0.717, 1.165) is 44.8 Å². The number of aromatic nitrogens is 2. The van der Waals surface area contributed by atoms with Crippen molar-refractivity contribution in [2.75, 3.05) is 21.3 Å². The molecule has 2 aromatic heterocycles. The van der Waals surface area contributed by atoms with Crippen LogP contribution in [0.4, 0.5) is 23.3 Å². The topological polar surface area (TPSA) is 104 Å². The first-order chi connectivity index (χ1) is 19.8. The second-order valence-electron chi connectivity index (χ2n) is 10.7. The summed E-state index contributed by atoms with van der Waals surface area (Å²) in [6.45, 7) is 0. The van der Waals surface area contributed by atoms with E-state index in [9.17, 15) is 0 Å². The predicted molar refractivity (Wildman–Crippen MR) is 161 cm³/mol. The molecule has 3 aliphatic rings. The Morgan fingerprint density at radius 2 is 0.575 bits per heavy atom. The van der Waals surface area contributed by atoms with Crippen molar-refractivity contribution in [1.82, 2.24) is 20.6 Å². The highest BCUT2D eigenvalue weighted by molar-refractivity contribution is 6.02. The van der Waals surface area contributed by atoms with Crippen molar-refractivity contribution < 1.29 is 0 Å². The van der Waals surface area contributed by atoms with Gasteiger partial charge in [-0.15, -0.1) is 0 Å². The van der Waals surface area contributed by atoms with Crippen LogP contribution in [0.15, 0.2) is 97.1 Å². The van der Waals surface area contributed by atoms with Gasteiger partial charge in [0.1, 0.15) is 47.9 Å². The molecule has 6 aromatic rings. The molecule has 0 saturated carbocycles. The normalized spacial score (nSPS) is 22.6. The van der Waals surface area contributed by atoms with Gasteiger partial charge < -0.3 is 31.2 Å². The van der Waals surface area contributed by atoms with Crippen molar-refractivity contribution in [2.24, 2.45) is 0 Å². The zero-order valence-corrected chi connectivity index (χ0v) is 21.5. The SMILES string of the molecule is c1ccc2c(c1)C1Nc3[nH]c(c4ccccc34)NC3NC(Nc4[nH]c(c5ccccc45)NC2N1)c1ccccc13. The Hall–Kier alpha value is -4.92. The number of rotatable bonds is 0. The molecule has 8 nitrogen and oxygen atoms in total. The first kappa shape index (κ1) is 22.0. The van der Waals surface area contributed by atoms with Crippen molar-refractivity contribution >= 4 is 44.8 Å². The van der Waals surface area contributed by atoms with Gasteiger partial charge >= 0.3 is 0 Å². The Labute approximate surface area is 230 Å². The van der Waals surface area contributed by atoms with Crippen LogP contribution in [0.1, 0.15) is 46.9 Å². The molecule has 8 heteroatoms. The van der Waals surface area contributed by atoms with Gasteiger partial charge in [0, 0.05) is 21.5 Å². The molecule has 8 N–H and O–H groups in total. The van der Waals surface area contributed by atoms with Crippen LogP contribution in [0.3, 0.4) is 0 Å². The first-order valence-corrected chi connectivity index (χ1v) is 13.8. The minimum atomic E-state index is -0.0787. The van der Waals surface area contributed by atoms with Crippen molar-refractivity contribution in [2.45, 2.75) is 24.7 Å². The maximum absolute atomic E-state index is 3.79. The fourth-order valence-corrected chi connectivity index (χ4v) is 6.63. The molecule has 0 amide bonds. The third-order valence-corrected chi connectivity index (χ3v) is 8.49. The standard InChI is InChI=1S/C32H28N8/c1-2-10-18-17(9-1)25-33-26(18)38-28-21-13-5-6-14-22(21)30(35-28)40-32-24-16-8-7-15-23(24)31(36-32)39-29-20-12-4-3-11-19(20)27(34-29)37-25/h1-16,25-26,31-40H. The van der Waals surface area contributed by atoms with Crippen LogP contribution in [-0.4, -0.2) is 9.97 Å². The number of benzene rings is 4. The molecule has 4 aromatic carbocycles. The van der Waals surface area contributed by atoms with Gasteiger partial charge in [-0.1, -0.05) is 97.1 Å². The molecular formula is C32H28N8. The fourth-order valence-electron chi connectivity index (χ4n) is 6.63. The second kappa shape index (κ2) is 8.29. The van der Waals surface area contributed by atoms with Crippen LogP contribution >= 0.6 is 0 Å². The van der Waals surface area contributed by atoms with E-state index in [1.54, 1.807) is 0 Å². The highest BCUT2D eigenvalue weighted by Gasteiger charge is 2.34. The molecular weight excluding hydrogens is 496 g/mol. The van der Waals surface area contributed by atoms with E-state index in [4.69, 9.17) is 0 Å². The molecule has 0 saturated heterocycles. The van der Waals surface area contributed by atoms with Gasteiger partial charge in [-0.05, 0) is 22.3 Å². The summed E-state index contributed by atoms with van der Waals surface area (Å²) in [6.07, 6.45) is -0.315. The largest absolute Gasteiger partial charge is 0.352 e. The lowest BCUT2D eigenvalue weighted by Gasteiger charge is -2.20. The summed E-state index contributed by atoms with van der Waals surface area (Å²) in [5, 5.41) is 27.3. The lowest BCUT2D eigenvalue weighted by atomic mass is 10.1. The molecule has 0 aliphatic carbocycles. The lowest BCUT2D eigenvalue weighted by molar-refractivity contribution is 0.565. The molecule has 0 radical (unpaired) electrons. The van der Waals surface area contributed by atoms with E-state index >= 15 is 0 Å². The highest BCUT2D eigenvalue weighted by atomic mass is 15.3. The van der Waals surface area contributed by atoms with E-state index in [0.29, 0.717) is 0 Å². The summed E-state index contributed by atoms with van der Waals surface area (Å²) in [4.78, 5) is 7.35. The van der Waals surface area contributed by atoms with E-state index in [1.807, 2.05) is 0 Å². The monoisotopic (exact) mass is 524 g/mol. The van der Waals surface area contributed by atoms with Gasteiger partial charge in [-0.3, -0.25) is 10.6 Å². The third kappa shape index (κ3) is 3.20. The van der Waals surface area contributed by atoms with Gasteiger partial charge in [0.15, 0.2) is 0 Å². The zero-order chi connectivity index (χ0) is 26.2. The summed E-state index contributed by atoms with van der Waals surface area (Å²) >= 11 is 0. The molecule has 0 spiro atoms. The maximum atomic E-state index is 3.79. The molecule has 8 bridgehead atoms. The summed E-state index contributed by atoms with van der Waals surface area (Å²) in [7, 11) is 0. The van der Waals surface area contributed by atoms with Crippen molar-refractivity contribution in [1.29, 1.82) is 0 Å². The number of anilines is 4. The van der Waals surface area contributed by atoms with Crippen molar-refractivity contribution in [3.8, 4) is 0 Å². The first-order valence-electron chi connectivity index (χ1n) is 13.8. The average Bonchev–Trinajstić information content (AvgIpc) is 3.73. The molecule has 4 atom stereocenters. The summed E-state index contributed by atoms with van der Waals surface area (Å²) in [6, 6.07) is 34.2. The Morgan fingerprint density at radius 3 is 0.850 bits per heavy atom. The van der Waals surface area contributed by atoms with Crippen LogP contribution in [0, 0.1) is 0 Å². The van der Waals surface area contributed by atoms with Crippen LogP contribution < -0.4 is 31.9 Å². The molecule has 196 valence electrons. The summed E-state index contributed by atoms with van der Waals surface area (Å²) < 4.78 is 0. The number of hydrogen-bond acceptors (Lipinski definition) is 6. The van der Waals surface area contributed by atoms with Gasteiger partial charge in [-0.25, -0.2) is 0 Å². The quantitative estimate of drug-likeness (QED) is 0.114. The van der Waals surface area contributed by atoms with E-state index in [2.05, 4.69) is 139 Å². The van der Waals surface area contributed by atoms with E-state index in [1.165, 1.54) is 22.3 Å². The molecule has 9 rings (SSSR count). The molecule has 4 unspecified atom stereocenters. The van der Waals surface area contributed by atoms with Crippen LogP contribution in [0.5, 0.6) is 0 Å². The van der Waals surface area contributed by atoms with Gasteiger partial charge in [0.2, 0.25) is 0 Å². The lowest BCUT2D eigenvalue weighted by Crippen LogP contribution is -2.29. The van der Waals surface area contributed by atoms with E-state index < -0.39 is 0 Å². The average molecular weight is 525 g/mol. The molecule has 0 fully saturated rings.